The Hall–Kier alpha value is -0.770. The molecule has 0 aliphatic rings. The Kier molecular flexibility index (Phi) is 3.14. The van der Waals surface area contributed by atoms with Crippen molar-refractivity contribution in [1.82, 2.24) is 5.06 Å². The van der Waals surface area contributed by atoms with Gasteiger partial charge in [0.15, 0.2) is 0 Å². The molecule has 0 atom stereocenters. The van der Waals surface area contributed by atoms with Crippen LogP contribution in [0.3, 0.4) is 0 Å². The van der Waals surface area contributed by atoms with Crippen LogP contribution in [0.15, 0.2) is 12.1 Å². The van der Waals surface area contributed by atoms with E-state index in [0.29, 0.717) is 10.6 Å². The number of nitrogens with zero attached hydrogens (tertiary/aromatic N) is 1. The molecular formula is C9H12ClNO2. The normalized spacial score (nSPS) is 10.8. The van der Waals surface area contributed by atoms with Gasteiger partial charge in [-0.05, 0) is 24.6 Å². The quantitative estimate of drug-likeness (QED) is 0.721. The second-order valence-electron chi connectivity index (χ2n) is 3.06. The molecule has 72 valence electrons. The monoisotopic (exact) mass is 201 g/mol. The van der Waals surface area contributed by atoms with E-state index in [-0.39, 0.29) is 12.3 Å². The van der Waals surface area contributed by atoms with Crippen LogP contribution in [-0.4, -0.2) is 22.4 Å². The van der Waals surface area contributed by atoms with E-state index in [1.54, 1.807) is 12.1 Å². The molecule has 0 saturated carbocycles. The first-order valence-corrected chi connectivity index (χ1v) is 4.26. The van der Waals surface area contributed by atoms with Crippen LogP contribution in [0.1, 0.15) is 11.1 Å². The van der Waals surface area contributed by atoms with Crippen molar-refractivity contribution in [1.29, 1.82) is 0 Å². The highest BCUT2D eigenvalue weighted by Crippen LogP contribution is 2.27. The Morgan fingerprint density at radius 1 is 1.46 bits per heavy atom. The molecule has 1 aromatic rings. The molecule has 0 fully saturated rings. The van der Waals surface area contributed by atoms with Crippen molar-refractivity contribution in [2.45, 2.75) is 13.5 Å². The van der Waals surface area contributed by atoms with E-state index in [4.69, 9.17) is 16.8 Å². The van der Waals surface area contributed by atoms with Crippen LogP contribution in [0.5, 0.6) is 5.75 Å². The summed E-state index contributed by atoms with van der Waals surface area (Å²) in [6.45, 7) is 2.06. The molecule has 1 aromatic carbocycles. The molecule has 0 aliphatic carbocycles. The van der Waals surface area contributed by atoms with Gasteiger partial charge in [-0.2, -0.15) is 5.06 Å². The maximum atomic E-state index is 9.50. The van der Waals surface area contributed by atoms with Crippen molar-refractivity contribution in [3.8, 4) is 5.75 Å². The zero-order valence-electron chi connectivity index (χ0n) is 7.58. The van der Waals surface area contributed by atoms with E-state index < -0.39 is 0 Å². The second-order valence-corrected chi connectivity index (χ2v) is 3.47. The fourth-order valence-corrected chi connectivity index (χ4v) is 1.47. The molecule has 4 heteroatoms. The lowest BCUT2D eigenvalue weighted by atomic mass is 10.1. The first-order valence-electron chi connectivity index (χ1n) is 3.88. The molecule has 0 amide bonds. The van der Waals surface area contributed by atoms with E-state index >= 15 is 0 Å². The first-order chi connectivity index (χ1) is 6.00. The van der Waals surface area contributed by atoms with Crippen molar-refractivity contribution in [2.75, 3.05) is 7.05 Å². The van der Waals surface area contributed by atoms with Crippen molar-refractivity contribution >= 4 is 11.6 Å². The molecule has 0 unspecified atom stereocenters. The Bertz CT molecular complexity index is 289. The molecule has 0 radical (unpaired) electrons. The van der Waals surface area contributed by atoms with E-state index in [9.17, 15) is 5.11 Å². The minimum absolute atomic E-state index is 0.117. The molecule has 0 aromatic heterocycles. The Morgan fingerprint density at radius 2 is 2.08 bits per heavy atom. The van der Waals surface area contributed by atoms with Gasteiger partial charge in [0.05, 0.1) is 6.54 Å². The van der Waals surface area contributed by atoms with E-state index in [0.717, 1.165) is 10.6 Å². The van der Waals surface area contributed by atoms with E-state index in [1.807, 2.05) is 6.92 Å². The molecule has 0 aliphatic heterocycles. The zero-order chi connectivity index (χ0) is 10.0. The third-order valence-corrected chi connectivity index (χ3v) is 2.04. The molecule has 0 heterocycles. The highest BCUT2D eigenvalue weighted by Gasteiger charge is 2.08. The van der Waals surface area contributed by atoms with Gasteiger partial charge in [0.25, 0.3) is 0 Å². The van der Waals surface area contributed by atoms with Gasteiger partial charge in [0.2, 0.25) is 0 Å². The number of hydrogen-bond donors (Lipinski definition) is 2. The summed E-state index contributed by atoms with van der Waals surface area (Å²) in [5.41, 5.74) is 1.43. The maximum Gasteiger partial charge on any atom is 0.121 e. The van der Waals surface area contributed by atoms with E-state index in [2.05, 4.69) is 0 Å². The van der Waals surface area contributed by atoms with Gasteiger partial charge in [-0.3, -0.25) is 0 Å². The lowest BCUT2D eigenvalue weighted by Gasteiger charge is -2.11. The molecule has 13 heavy (non-hydrogen) atoms. The first kappa shape index (κ1) is 10.3. The highest BCUT2D eigenvalue weighted by atomic mass is 35.5. The van der Waals surface area contributed by atoms with Crippen LogP contribution in [0.25, 0.3) is 0 Å². The predicted molar refractivity (Wildman–Crippen MR) is 51.1 cm³/mol. The maximum absolute atomic E-state index is 9.50. The molecule has 0 saturated heterocycles. The number of halogens is 1. The summed E-state index contributed by atoms with van der Waals surface area (Å²) in [5.74, 6) is 0.117. The van der Waals surface area contributed by atoms with Crippen molar-refractivity contribution in [2.24, 2.45) is 0 Å². The molecular weight excluding hydrogens is 190 g/mol. The largest absolute Gasteiger partial charge is 0.508 e. The number of phenols is 1. The average Bonchev–Trinajstić information content (AvgIpc) is 1.96. The number of phenolic OH excluding ortho intramolecular Hbond substituents is 1. The van der Waals surface area contributed by atoms with Crippen molar-refractivity contribution < 1.29 is 10.3 Å². The molecule has 1 rings (SSSR count). The molecule has 0 bridgehead atoms. The topological polar surface area (TPSA) is 43.7 Å². The third-order valence-electron chi connectivity index (χ3n) is 1.70. The third kappa shape index (κ3) is 2.59. The van der Waals surface area contributed by atoms with Crippen LogP contribution in [0.2, 0.25) is 5.02 Å². The summed E-state index contributed by atoms with van der Waals surface area (Å²) in [6, 6.07) is 3.37. The molecule has 2 N–H and O–H groups in total. The molecule has 0 spiro atoms. The van der Waals surface area contributed by atoms with Crippen molar-refractivity contribution in [3.63, 3.8) is 0 Å². The van der Waals surface area contributed by atoms with Crippen LogP contribution in [0, 0.1) is 6.92 Å². The van der Waals surface area contributed by atoms with Crippen LogP contribution in [-0.2, 0) is 6.54 Å². The number of aromatic hydroxyl groups is 1. The second kappa shape index (κ2) is 3.96. The lowest BCUT2D eigenvalue weighted by molar-refractivity contribution is -0.0735. The van der Waals surface area contributed by atoms with Gasteiger partial charge in [-0.1, -0.05) is 11.6 Å². The van der Waals surface area contributed by atoms with Crippen LogP contribution < -0.4 is 0 Å². The summed E-state index contributed by atoms with van der Waals surface area (Å²) < 4.78 is 0. The minimum atomic E-state index is 0.117. The Labute approximate surface area is 82.1 Å². The van der Waals surface area contributed by atoms with E-state index in [1.165, 1.54) is 7.05 Å². The van der Waals surface area contributed by atoms with Crippen LogP contribution in [0.4, 0.5) is 0 Å². The lowest BCUT2D eigenvalue weighted by Crippen LogP contribution is -2.12. The molecule has 3 nitrogen and oxygen atoms in total. The summed E-state index contributed by atoms with van der Waals surface area (Å²) in [7, 11) is 1.50. The number of aryl methyl sites for hydroxylation is 1. The Balaban J connectivity index is 3.06. The summed E-state index contributed by atoms with van der Waals surface area (Å²) >= 11 is 5.88. The van der Waals surface area contributed by atoms with Crippen molar-refractivity contribution in [3.05, 3.63) is 28.3 Å². The fraction of sp³-hybridized carbons (Fsp3) is 0.333. The van der Waals surface area contributed by atoms with Crippen LogP contribution >= 0.6 is 11.6 Å². The predicted octanol–water partition coefficient (Wildman–Crippen LogP) is 2.18. The van der Waals surface area contributed by atoms with Gasteiger partial charge in [0.1, 0.15) is 5.75 Å². The number of hydroxylamine groups is 2. The van der Waals surface area contributed by atoms with Gasteiger partial charge in [-0.25, -0.2) is 0 Å². The number of hydrogen-bond acceptors (Lipinski definition) is 3. The minimum Gasteiger partial charge on any atom is -0.508 e. The summed E-state index contributed by atoms with van der Waals surface area (Å²) in [6.07, 6.45) is 0. The smallest absolute Gasteiger partial charge is 0.121 e. The average molecular weight is 202 g/mol. The van der Waals surface area contributed by atoms with Gasteiger partial charge >= 0.3 is 0 Å². The Morgan fingerprint density at radius 3 is 2.54 bits per heavy atom. The summed E-state index contributed by atoms with van der Waals surface area (Å²) in [4.78, 5) is 0. The highest BCUT2D eigenvalue weighted by molar-refractivity contribution is 6.31. The number of benzene rings is 1. The standard InChI is InChI=1S/C9H12ClNO2/c1-6-3-8(10)7(5-11(2)13)9(12)4-6/h3-4,12-13H,5H2,1-2H3. The van der Waals surface area contributed by atoms with Gasteiger partial charge in [-0.15, -0.1) is 0 Å². The fourth-order valence-electron chi connectivity index (χ4n) is 1.14. The SMILES string of the molecule is Cc1cc(O)c(CN(C)O)c(Cl)c1. The zero-order valence-corrected chi connectivity index (χ0v) is 8.34. The number of rotatable bonds is 2. The van der Waals surface area contributed by atoms with Gasteiger partial charge in [0, 0.05) is 17.6 Å². The van der Waals surface area contributed by atoms with Gasteiger partial charge < -0.3 is 10.3 Å². The summed E-state index contributed by atoms with van der Waals surface area (Å²) in [5, 5.41) is 19.9.